The van der Waals surface area contributed by atoms with Gasteiger partial charge in [0.05, 0.1) is 6.04 Å². The number of aromatic hydroxyl groups is 1. The molecule has 2 aromatic carbocycles. The van der Waals surface area contributed by atoms with Crippen molar-refractivity contribution in [2.24, 2.45) is 5.41 Å². The van der Waals surface area contributed by atoms with Crippen LogP contribution in [0.25, 0.3) is 0 Å². The van der Waals surface area contributed by atoms with Crippen LogP contribution in [0.4, 0.5) is 4.79 Å². The second kappa shape index (κ2) is 13.1. The number of nitrogens with one attached hydrogen (secondary N) is 2. The summed E-state index contributed by atoms with van der Waals surface area (Å²) in [5, 5.41) is 16.3. The highest BCUT2D eigenvalue weighted by molar-refractivity contribution is 5.94. The number of nitrogens with zero attached hydrogens (tertiary/aromatic N) is 2. The Labute approximate surface area is 266 Å². The van der Waals surface area contributed by atoms with Crippen molar-refractivity contribution in [1.29, 1.82) is 0 Å². The van der Waals surface area contributed by atoms with Gasteiger partial charge < -0.3 is 25.4 Å². The summed E-state index contributed by atoms with van der Waals surface area (Å²) in [6.45, 7) is 12.4. The van der Waals surface area contributed by atoms with Gasteiger partial charge in [0, 0.05) is 20.0 Å². The van der Waals surface area contributed by atoms with Crippen molar-refractivity contribution in [3.63, 3.8) is 0 Å². The van der Waals surface area contributed by atoms with E-state index < -0.39 is 47.0 Å². The first-order valence-electron chi connectivity index (χ1n) is 15.7. The number of phenols is 1. The fourth-order valence-electron chi connectivity index (χ4n) is 5.95. The number of likely N-dealkylation sites (N-methyl/N-ethyl adjacent to an activating group) is 1. The molecule has 4 atom stereocenters. The average Bonchev–Trinajstić information content (AvgIpc) is 2.96. The highest BCUT2D eigenvalue weighted by Crippen LogP contribution is 2.33. The molecule has 1 aliphatic carbocycles. The van der Waals surface area contributed by atoms with E-state index in [4.69, 9.17) is 4.74 Å². The molecule has 1 heterocycles. The van der Waals surface area contributed by atoms with Crippen molar-refractivity contribution in [3.8, 4) is 5.75 Å². The van der Waals surface area contributed by atoms with Crippen molar-refractivity contribution in [1.82, 2.24) is 20.4 Å². The van der Waals surface area contributed by atoms with Gasteiger partial charge in [-0.05, 0) is 86.8 Å². The summed E-state index contributed by atoms with van der Waals surface area (Å²) in [5.41, 5.74) is 2.46. The molecule has 0 aromatic heterocycles. The molecular weight excluding hydrogens is 572 g/mol. The summed E-state index contributed by atoms with van der Waals surface area (Å²) in [6.07, 6.45) is 2.33. The van der Waals surface area contributed by atoms with E-state index >= 15 is 0 Å². The maximum atomic E-state index is 14.5. The molecule has 0 fully saturated rings. The minimum absolute atomic E-state index is 0.0718. The predicted octanol–water partition coefficient (Wildman–Crippen LogP) is 4.63. The SMILES string of the molecule is C[C@@H](C(=O)N[C@H](C(=O)N1Cc2cc(O)ccc2C[C@H]1C(=O)NC1CCCc2ccccc21)C(C)(C)C)N(C)C(=O)OC(C)(C)C. The van der Waals surface area contributed by atoms with Crippen molar-refractivity contribution in [3.05, 3.63) is 64.7 Å². The molecule has 10 heteroatoms. The summed E-state index contributed by atoms with van der Waals surface area (Å²) < 4.78 is 5.42. The Morgan fingerprint density at radius 1 is 1.00 bits per heavy atom. The van der Waals surface area contributed by atoms with Crippen LogP contribution in [0.15, 0.2) is 42.5 Å². The van der Waals surface area contributed by atoms with Crippen molar-refractivity contribution in [2.75, 3.05) is 7.05 Å². The first-order valence-corrected chi connectivity index (χ1v) is 15.7. The van der Waals surface area contributed by atoms with Crippen LogP contribution in [0.3, 0.4) is 0 Å². The molecule has 4 amide bonds. The first-order chi connectivity index (χ1) is 21.0. The maximum absolute atomic E-state index is 14.5. The maximum Gasteiger partial charge on any atom is 0.410 e. The Morgan fingerprint density at radius 3 is 2.36 bits per heavy atom. The minimum Gasteiger partial charge on any atom is -0.508 e. The van der Waals surface area contributed by atoms with E-state index in [-0.39, 0.29) is 30.7 Å². The monoisotopic (exact) mass is 620 g/mol. The number of hydrogen-bond donors (Lipinski definition) is 3. The molecule has 4 rings (SSSR count). The minimum atomic E-state index is -1.01. The zero-order valence-corrected chi connectivity index (χ0v) is 27.8. The predicted molar refractivity (Wildman–Crippen MR) is 171 cm³/mol. The number of benzene rings is 2. The molecule has 10 nitrogen and oxygen atoms in total. The highest BCUT2D eigenvalue weighted by atomic mass is 16.6. The number of fused-ring (bicyclic) bond motifs is 2. The largest absolute Gasteiger partial charge is 0.508 e. The number of aryl methyl sites for hydroxylation is 1. The summed E-state index contributed by atoms with van der Waals surface area (Å²) in [5.74, 6) is -1.13. The van der Waals surface area contributed by atoms with Crippen molar-refractivity contribution < 1.29 is 29.0 Å². The first kappa shape index (κ1) is 33.8. The summed E-state index contributed by atoms with van der Waals surface area (Å²) in [4.78, 5) is 57.4. The van der Waals surface area contributed by atoms with Gasteiger partial charge in [0.15, 0.2) is 0 Å². The second-order valence-electron chi connectivity index (χ2n) is 14.4. The third-order valence-corrected chi connectivity index (χ3v) is 8.63. The summed E-state index contributed by atoms with van der Waals surface area (Å²) in [7, 11) is 1.48. The standard InChI is InChI=1S/C35H48N4O6/c1-21(38(8)33(44)45-35(5,6)7)30(41)37-29(34(2,3)4)32(43)39-20-24-18-25(40)17-16-23(24)19-28(39)31(42)36-27-15-11-13-22-12-9-10-14-26(22)27/h9-10,12,14,16-18,21,27-29,40H,11,13,15,19-20H2,1-8H3,(H,36,42)(H,37,41)/t21-,27?,28-,29+/m0/s1. The fourth-order valence-corrected chi connectivity index (χ4v) is 5.95. The molecule has 0 radical (unpaired) electrons. The lowest BCUT2D eigenvalue weighted by molar-refractivity contribution is -0.147. The van der Waals surface area contributed by atoms with Gasteiger partial charge >= 0.3 is 6.09 Å². The van der Waals surface area contributed by atoms with E-state index in [1.54, 1.807) is 45.9 Å². The molecule has 0 bridgehead atoms. The van der Waals surface area contributed by atoms with E-state index in [1.165, 1.54) is 22.4 Å². The van der Waals surface area contributed by atoms with E-state index in [1.807, 2.05) is 39.0 Å². The van der Waals surface area contributed by atoms with Gasteiger partial charge in [-0.1, -0.05) is 51.1 Å². The van der Waals surface area contributed by atoms with Crippen LogP contribution >= 0.6 is 0 Å². The van der Waals surface area contributed by atoms with Crippen LogP contribution in [0, 0.1) is 5.41 Å². The molecule has 45 heavy (non-hydrogen) atoms. The molecule has 244 valence electrons. The molecule has 0 saturated carbocycles. The number of ether oxygens (including phenoxy) is 1. The Kier molecular flexibility index (Phi) is 9.85. The lowest BCUT2D eigenvalue weighted by Crippen LogP contribution is -2.62. The van der Waals surface area contributed by atoms with Crippen LogP contribution in [0.1, 0.15) is 89.6 Å². The smallest absolute Gasteiger partial charge is 0.410 e. The zero-order chi connectivity index (χ0) is 33.3. The normalized spacial score (nSPS) is 19.3. The number of carbonyl (C=O) groups excluding carboxylic acids is 4. The fraction of sp³-hybridized carbons (Fsp3) is 0.543. The molecule has 3 N–H and O–H groups in total. The Morgan fingerprint density at radius 2 is 1.69 bits per heavy atom. The molecule has 2 aliphatic rings. The Hall–Kier alpha value is -4.08. The third-order valence-electron chi connectivity index (χ3n) is 8.63. The van der Waals surface area contributed by atoms with Gasteiger partial charge in [0.1, 0.15) is 29.5 Å². The van der Waals surface area contributed by atoms with Crippen LogP contribution < -0.4 is 10.6 Å². The van der Waals surface area contributed by atoms with E-state index in [9.17, 15) is 24.3 Å². The number of carbonyl (C=O) groups is 4. The topological polar surface area (TPSA) is 128 Å². The molecule has 1 unspecified atom stereocenters. The number of hydrogen-bond acceptors (Lipinski definition) is 6. The van der Waals surface area contributed by atoms with Gasteiger partial charge in [-0.3, -0.25) is 19.3 Å². The zero-order valence-electron chi connectivity index (χ0n) is 27.8. The van der Waals surface area contributed by atoms with E-state index in [2.05, 4.69) is 16.7 Å². The van der Waals surface area contributed by atoms with Crippen LogP contribution in [-0.4, -0.2) is 69.5 Å². The van der Waals surface area contributed by atoms with E-state index in [0.29, 0.717) is 0 Å². The number of rotatable bonds is 6. The lowest BCUT2D eigenvalue weighted by Gasteiger charge is -2.42. The second-order valence-corrected chi connectivity index (χ2v) is 14.4. The van der Waals surface area contributed by atoms with Crippen LogP contribution in [0.5, 0.6) is 5.75 Å². The summed E-state index contributed by atoms with van der Waals surface area (Å²) >= 11 is 0. The van der Waals surface area contributed by atoms with Crippen molar-refractivity contribution in [2.45, 2.75) is 110 Å². The van der Waals surface area contributed by atoms with Gasteiger partial charge in [0.2, 0.25) is 17.7 Å². The highest BCUT2D eigenvalue weighted by Gasteiger charge is 2.43. The molecule has 1 aliphatic heterocycles. The van der Waals surface area contributed by atoms with Crippen molar-refractivity contribution >= 4 is 23.8 Å². The van der Waals surface area contributed by atoms with Gasteiger partial charge in [-0.15, -0.1) is 0 Å². The third kappa shape index (κ3) is 7.96. The van der Waals surface area contributed by atoms with Crippen LogP contribution in [-0.2, 0) is 38.5 Å². The van der Waals surface area contributed by atoms with Crippen LogP contribution in [0.2, 0.25) is 0 Å². The molecule has 0 saturated heterocycles. The number of amides is 4. The molecular formula is C35H48N4O6. The quantitative estimate of drug-likeness (QED) is 0.432. The van der Waals surface area contributed by atoms with Gasteiger partial charge in [-0.2, -0.15) is 0 Å². The van der Waals surface area contributed by atoms with Gasteiger partial charge in [0.25, 0.3) is 0 Å². The summed E-state index contributed by atoms with van der Waals surface area (Å²) in [6, 6.07) is 10.2. The van der Waals surface area contributed by atoms with Gasteiger partial charge in [-0.25, -0.2) is 4.79 Å². The lowest BCUT2D eigenvalue weighted by atomic mass is 9.83. The Bertz CT molecular complexity index is 1440. The molecule has 2 aromatic rings. The Balaban J connectivity index is 1.61. The molecule has 0 spiro atoms. The average molecular weight is 621 g/mol. The number of phenolic OH excluding ortho intramolecular Hbond substituents is 1. The van der Waals surface area contributed by atoms with E-state index in [0.717, 1.165) is 36.0 Å².